The first-order valence-corrected chi connectivity index (χ1v) is 6.71. The van der Waals surface area contributed by atoms with Crippen molar-refractivity contribution in [1.29, 1.82) is 0 Å². The molecule has 1 aliphatic heterocycles. The number of carbonyl (C=O) groups excluding carboxylic acids is 1. The van der Waals surface area contributed by atoms with Gasteiger partial charge in [-0.15, -0.1) is 0 Å². The van der Waals surface area contributed by atoms with Crippen molar-refractivity contribution in [3.8, 4) is 0 Å². The molecule has 1 saturated heterocycles. The number of ether oxygens (including phenoxy) is 2. The molecule has 2 rings (SSSR count). The highest BCUT2D eigenvalue weighted by atomic mass is 16.5. The number of amides is 2. The van der Waals surface area contributed by atoms with E-state index in [-0.39, 0.29) is 6.03 Å². The quantitative estimate of drug-likeness (QED) is 0.601. The number of anilines is 2. The lowest BCUT2D eigenvalue weighted by Crippen LogP contribution is -2.34. The number of benzene rings is 1. The van der Waals surface area contributed by atoms with Crippen molar-refractivity contribution in [3.63, 3.8) is 0 Å². The molecule has 0 aliphatic carbocycles. The number of hydrogen-bond acceptors (Lipinski definition) is 4. The van der Waals surface area contributed by atoms with Gasteiger partial charge in [-0.1, -0.05) is 12.1 Å². The number of methoxy groups -OCH3 is 1. The normalized spacial score (nSPS) is 15.2. The van der Waals surface area contributed by atoms with E-state index >= 15 is 0 Å². The van der Waals surface area contributed by atoms with Crippen LogP contribution in [0.25, 0.3) is 0 Å². The van der Waals surface area contributed by atoms with E-state index in [0.717, 1.165) is 5.69 Å². The molecule has 2 N–H and O–H groups in total. The van der Waals surface area contributed by atoms with E-state index in [1.54, 1.807) is 23.0 Å². The minimum atomic E-state index is -0.0155. The zero-order valence-corrected chi connectivity index (χ0v) is 11.7. The number of rotatable bonds is 7. The Hall–Kier alpha value is -1.79. The van der Waals surface area contributed by atoms with Crippen molar-refractivity contribution in [1.82, 2.24) is 4.90 Å². The predicted octanol–water partition coefficient (Wildman–Crippen LogP) is 1.17. The molecule has 1 heterocycles. The summed E-state index contributed by atoms with van der Waals surface area (Å²) >= 11 is 0. The molecule has 20 heavy (non-hydrogen) atoms. The average molecular weight is 279 g/mol. The molecule has 0 saturated carbocycles. The highest BCUT2D eigenvalue weighted by Crippen LogP contribution is 2.25. The topological polar surface area (TPSA) is 68.0 Å². The van der Waals surface area contributed by atoms with E-state index in [0.29, 0.717) is 45.1 Å². The second-order valence-corrected chi connectivity index (χ2v) is 4.59. The zero-order chi connectivity index (χ0) is 14.4. The number of nitrogens with zero attached hydrogens (tertiary/aromatic N) is 2. The average Bonchev–Trinajstić information content (AvgIpc) is 2.81. The summed E-state index contributed by atoms with van der Waals surface area (Å²) in [6.45, 7) is 3.58. The minimum Gasteiger partial charge on any atom is -0.397 e. The van der Waals surface area contributed by atoms with Gasteiger partial charge in [0.2, 0.25) is 0 Å². The van der Waals surface area contributed by atoms with Gasteiger partial charge in [0, 0.05) is 26.7 Å². The van der Waals surface area contributed by atoms with Gasteiger partial charge in [0.05, 0.1) is 31.2 Å². The first kappa shape index (κ1) is 14.6. The maximum absolute atomic E-state index is 12.3. The van der Waals surface area contributed by atoms with Crippen molar-refractivity contribution in [2.24, 2.45) is 0 Å². The number of nitrogens with two attached hydrogens (primary N) is 1. The second-order valence-electron chi connectivity index (χ2n) is 4.59. The first-order valence-electron chi connectivity index (χ1n) is 6.71. The molecule has 110 valence electrons. The van der Waals surface area contributed by atoms with Gasteiger partial charge in [-0.3, -0.25) is 4.90 Å². The molecular formula is C14H21N3O3. The number of hydrogen-bond donors (Lipinski definition) is 1. The standard InChI is InChI=1S/C14H21N3O3/c1-19-10-11-20-9-8-16-6-7-17(14(16)18)13-5-3-2-4-12(13)15/h2-5H,6-11,15H2,1H3. The molecular weight excluding hydrogens is 258 g/mol. The highest BCUT2D eigenvalue weighted by molar-refractivity contribution is 5.97. The molecule has 2 amide bonds. The smallest absolute Gasteiger partial charge is 0.324 e. The van der Waals surface area contributed by atoms with Crippen LogP contribution in [0, 0.1) is 0 Å². The largest absolute Gasteiger partial charge is 0.397 e. The molecule has 0 aromatic heterocycles. The van der Waals surface area contributed by atoms with Crippen molar-refractivity contribution in [2.75, 3.05) is 57.2 Å². The van der Waals surface area contributed by atoms with Crippen LogP contribution in [0.4, 0.5) is 16.2 Å². The van der Waals surface area contributed by atoms with Crippen LogP contribution >= 0.6 is 0 Å². The maximum atomic E-state index is 12.3. The van der Waals surface area contributed by atoms with E-state index < -0.39 is 0 Å². The van der Waals surface area contributed by atoms with E-state index in [2.05, 4.69) is 0 Å². The van der Waals surface area contributed by atoms with Crippen LogP contribution in [0.1, 0.15) is 0 Å². The van der Waals surface area contributed by atoms with Gasteiger partial charge < -0.3 is 20.1 Å². The zero-order valence-electron chi connectivity index (χ0n) is 11.7. The Kier molecular flexibility index (Phi) is 5.20. The third kappa shape index (κ3) is 3.40. The molecule has 1 aliphatic rings. The number of urea groups is 1. The molecule has 6 heteroatoms. The van der Waals surface area contributed by atoms with E-state index in [1.807, 2.05) is 18.2 Å². The van der Waals surface area contributed by atoms with Crippen molar-refractivity contribution in [2.45, 2.75) is 0 Å². The van der Waals surface area contributed by atoms with E-state index in [4.69, 9.17) is 15.2 Å². The molecule has 1 aromatic rings. The highest BCUT2D eigenvalue weighted by Gasteiger charge is 2.29. The van der Waals surface area contributed by atoms with Gasteiger partial charge in [-0.25, -0.2) is 4.79 Å². The molecule has 0 spiro atoms. The fraction of sp³-hybridized carbons (Fsp3) is 0.500. The Morgan fingerprint density at radius 3 is 2.75 bits per heavy atom. The summed E-state index contributed by atoms with van der Waals surface area (Å²) in [6.07, 6.45) is 0. The summed E-state index contributed by atoms with van der Waals surface area (Å²) in [6, 6.07) is 7.40. The molecule has 1 fully saturated rings. The van der Waals surface area contributed by atoms with Crippen molar-refractivity contribution in [3.05, 3.63) is 24.3 Å². The lowest BCUT2D eigenvalue weighted by molar-refractivity contribution is 0.0635. The molecule has 6 nitrogen and oxygen atoms in total. The summed E-state index contributed by atoms with van der Waals surface area (Å²) in [5.74, 6) is 0. The van der Waals surface area contributed by atoms with Crippen LogP contribution in [-0.4, -0.2) is 57.5 Å². The first-order chi connectivity index (χ1) is 9.74. The summed E-state index contributed by atoms with van der Waals surface area (Å²) < 4.78 is 10.3. The third-order valence-electron chi connectivity index (χ3n) is 3.26. The van der Waals surface area contributed by atoms with Crippen molar-refractivity contribution < 1.29 is 14.3 Å². The lowest BCUT2D eigenvalue weighted by Gasteiger charge is -2.19. The van der Waals surface area contributed by atoms with Crippen LogP contribution in [0.5, 0.6) is 0 Å². The molecule has 0 unspecified atom stereocenters. The Labute approximate surface area is 119 Å². The van der Waals surface area contributed by atoms with Gasteiger partial charge in [-0.2, -0.15) is 0 Å². The van der Waals surface area contributed by atoms with Crippen molar-refractivity contribution >= 4 is 17.4 Å². The van der Waals surface area contributed by atoms with Gasteiger partial charge in [0.15, 0.2) is 0 Å². The Bertz CT molecular complexity index is 453. The lowest BCUT2D eigenvalue weighted by atomic mass is 10.2. The fourth-order valence-corrected chi connectivity index (χ4v) is 2.17. The van der Waals surface area contributed by atoms with Gasteiger partial charge in [-0.05, 0) is 12.1 Å². The maximum Gasteiger partial charge on any atom is 0.324 e. The predicted molar refractivity (Wildman–Crippen MR) is 77.9 cm³/mol. The molecule has 1 aromatic carbocycles. The second kappa shape index (κ2) is 7.12. The number of carbonyl (C=O) groups is 1. The van der Waals surface area contributed by atoms with Gasteiger partial charge >= 0.3 is 6.03 Å². The van der Waals surface area contributed by atoms with Crippen LogP contribution in [-0.2, 0) is 9.47 Å². The van der Waals surface area contributed by atoms with Gasteiger partial charge in [0.25, 0.3) is 0 Å². The Morgan fingerprint density at radius 1 is 1.20 bits per heavy atom. The Morgan fingerprint density at radius 2 is 2.00 bits per heavy atom. The number of para-hydroxylation sites is 2. The van der Waals surface area contributed by atoms with Crippen LogP contribution in [0.3, 0.4) is 0 Å². The summed E-state index contributed by atoms with van der Waals surface area (Å²) in [5.41, 5.74) is 7.31. The van der Waals surface area contributed by atoms with E-state index in [1.165, 1.54) is 0 Å². The van der Waals surface area contributed by atoms with Crippen LogP contribution in [0.2, 0.25) is 0 Å². The van der Waals surface area contributed by atoms with Gasteiger partial charge in [0.1, 0.15) is 0 Å². The fourth-order valence-electron chi connectivity index (χ4n) is 2.17. The third-order valence-corrected chi connectivity index (χ3v) is 3.26. The van der Waals surface area contributed by atoms with Crippen LogP contribution < -0.4 is 10.6 Å². The molecule has 0 radical (unpaired) electrons. The SMILES string of the molecule is COCCOCCN1CCN(c2ccccc2N)C1=O. The molecule has 0 bridgehead atoms. The molecule has 0 atom stereocenters. The summed E-state index contributed by atoms with van der Waals surface area (Å²) in [7, 11) is 1.63. The Balaban J connectivity index is 1.85. The van der Waals surface area contributed by atoms with E-state index in [9.17, 15) is 4.79 Å². The number of nitrogen functional groups attached to an aromatic ring is 1. The summed E-state index contributed by atoms with van der Waals surface area (Å²) in [4.78, 5) is 15.8. The minimum absolute atomic E-state index is 0.0155. The van der Waals surface area contributed by atoms with Crippen LogP contribution in [0.15, 0.2) is 24.3 Å². The summed E-state index contributed by atoms with van der Waals surface area (Å²) in [5, 5.41) is 0. The monoisotopic (exact) mass is 279 g/mol.